The fraction of sp³-hybridized carbons (Fsp3) is 0.333. The highest BCUT2D eigenvalue weighted by molar-refractivity contribution is 7.91. The van der Waals surface area contributed by atoms with Gasteiger partial charge in [-0.05, 0) is 46.9 Å². The first-order valence-corrected chi connectivity index (χ1v) is 13.8. The predicted octanol–water partition coefficient (Wildman–Crippen LogP) is 3.66. The van der Waals surface area contributed by atoms with Gasteiger partial charge in [0.1, 0.15) is 0 Å². The fourth-order valence-corrected chi connectivity index (χ4v) is 5.32. The van der Waals surface area contributed by atoms with Crippen LogP contribution in [0, 0.1) is 5.92 Å². The first-order valence-electron chi connectivity index (χ1n) is 12.1. The molecule has 1 aliphatic rings. The Labute approximate surface area is 216 Å². The summed E-state index contributed by atoms with van der Waals surface area (Å²) in [4.78, 5) is 34.9. The molecule has 2 heterocycles. The summed E-state index contributed by atoms with van der Waals surface area (Å²) in [7, 11) is -3.27. The van der Waals surface area contributed by atoms with Crippen molar-refractivity contribution in [1.82, 2.24) is 15.3 Å². The van der Waals surface area contributed by atoms with Crippen molar-refractivity contribution in [3.63, 3.8) is 0 Å². The highest BCUT2D eigenvalue weighted by atomic mass is 32.2. The maximum atomic E-state index is 12.9. The second-order valence-corrected chi connectivity index (χ2v) is 11.7. The summed E-state index contributed by atoms with van der Waals surface area (Å²) in [6.45, 7) is 7.35. The maximum Gasteiger partial charge on any atom is 0.338 e. The predicted molar refractivity (Wildman–Crippen MR) is 139 cm³/mol. The van der Waals surface area contributed by atoms with E-state index < -0.39 is 15.8 Å². The van der Waals surface area contributed by atoms with Gasteiger partial charge in [-0.3, -0.25) is 4.79 Å². The monoisotopic (exact) mass is 522 g/mol. The van der Waals surface area contributed by atoms with Crippen LogP contribution >= 0.6 is 0 Å². The SMILES string of the molecule is CCS(=O)(=O)c1ccc(CNC(=O)c2ccc3c(c2)CN(c2ncc(C(=O)O)cn2)CC3C(C)C)cc1. The number of amides is 1. The van der Waals surface area contributed by atoms with Gasteiger partial charge >= 0.3 is 5.97 Å². The van der Waals surface area contributed by atoms with Crippen molar-refractivity contribution in [1.29, 1.82) is 0 Å². The number of nitrogens with zero attached hydrogens (tertiary/aromatic N) is 3. The van der Waals surface area contributed by atoms with Crippen molar-refractivity contribution < 1.29 is 23.1 Å². The Morgan fingerprint density at radius 1 is 1.08 bits per heavy atom. The van der Waals surface area contributed by atoms with Crippen LogP contribution in [0.15, 0.2) is 59.8 Å². The second-order valence-electron chi connectivity index (χ2n) is 9.45. The molecule has 2 aromatic carbocycles. The highest BCUT2D eigenvalue weighted by Crippen LogP contribution is 2.35. The van der Waals surface area contributed by atoms with Crippen LogP contribution in [0.4, 0.5) is 5.95 Å². The molecule has 0 saturated heterocycles. The van der Waals surface area contributed by atoms with Gasteiger partial charge in [-0.25, -0.2) is 23.2 Å². The fourth-order valence-electron chi connectivity index (χ4n) is 4.43. The van der Waals surface area contributed by atoms with E-state index in [9.17, 15) is 18.0 Å². The highest BCUT2D eigenvalue weighted by Gasteiger charge is 2.29. The Kier molecular flexibility index (Phi) is 7.58. The van der Waals surface area contributed by atoms with E-state index in [-0.39, 0.29) is 34.6 Å². The molecule has 0 fully saturated rings. The van der Waals surface area contributed by atoms with E-state index >= 15 is 0 Å². The zero-order valence-corrected chi connectivity index (χ0v) is 21.8. The Bertz CT molecular complexity index is 1400. The van der Waals surface area contributed by atoms with Crippen LogP contribution in [-0.4, -0.2) is 47.7 Å². The number of aromatic nitrogens is 2. The van der Waals surface area contributed by atoms with Gasteiger partial charge < -0.3 is 15.3 Å². The number of benzene rings is 2. The summed E-state index contributed by atoms with van der Waals surface area (Å²) < 4.78 is 24.0. The number of sulfone groups is 1. The number of anilines is 1. The number of aromatic carboxylic acids is 1. The molecule has 0 saturated carbocycles. The van der Waals surface area contributed by atoms with E-state index in [4.69, 9.17) is 5.11 Å². The first-order chi connectivity index (χ1) is 17.6. The molecule has 1 aliphatic heterocycles. The van der Waals surface area contributed by atoms with Crippen molar-refractivity contribution >= 4 is 27.7 Å². The third-order valence-electron chi connectivity index (χ3n) is 6.67. The third kappa shape index (κ3) is 5.80. The lowest BCUT2D eigenvalue weighted by atomic mass is 9.82. The summed E-state index contributed by atoms with van der Waals surface area (Å²) in [5.74, 6) is -0.289. The number of fused-ring (bicyclic) bond motifs is 1. The quantitative estimate of drug-likeness (QED) is 0.459. The Balaban J connectivity index is 1.51. The number of nitrogens with one attached hydrogen (secondary N) is 1. The normalized spacial score (nSPS) is 15.4. The topological polar surface area (TPSA) is 130 Å². The largest absolute Gasteiger partial charge is 0.478 e. The molecule has 9 nitrogen and oxygen atoms in total. The van der Waals surface area contributed by atoms with Crippen molar-refractivity contribution in [3.05, 3.63) is 82.7 Å². The van der Waals surface area contributed by atoms with E-state index in [0.717, 1.165) is 11.1 Å². The average Bonchev–Trinajstić information content (AvgIpc) is 2.90. The zero-order chi connectivity index (χ0) is 26.7. The van der Waals surface area contributed by atoms with Gasteiger partial charge in [0.15, 0.2) is 9.84 Å². The number of carboxylic acid groups (broad SMARTS) is 1. The molecular weight excluding hydrogens is 492 g/mol. The summed E-state index contributed by atoms with van der Waals surface area (Å²) in [5.41, 5.74) is 3.53. The molecule has 37 heavy (non-hydrogen) atoms. The summed E-state index contributed by atoms with van der Waals surface area (Å²) in [6, 6.07) is 12.2. The van der Waals surface area contributed by atoms with Gasteiger partial charge in [-0.1, -0.05) is 39.0 Å². The molecule has 10 heteroatoms. The summed E-state index contributed by atoms with van der Waals surface area (Å²) >= 11 is 0. The molecule has 1 unspecified atom stereocenters. The molecule has 0 spiro atoms. The minimum atomic E-state index is -3.27. The van der Waals surface area contributed by atoms with E-state index in [2.05, 4.69) is 29.1 Å². The molecule has 2 N–H and O–H groups in total. The smallest absolute Gasteiger partial charge is 0.338 e. The van der Waals surface area contributed by atoms with Gasteiger partial charge in [0.25, 0.3) is 5.91 Å². The van der Waals surface area contributed by atoms with Crippen molar-refractivity contribution in [3.8, 4) is 0 Å². The van der Waals surface area contributed by atoms with Crippen molar-refractivity contribution in [2.24, 2.45) is 5.92 Å². The van der Waals surface area contributed by atoms with Crippen LogP contribution in [0.3, 0.4) is 0 Å². The third-order valence-corrected chi connectivity index (χ3v) is 8.42. The number of carbonyl (C=O) groups is 2. The van der Waals surface area contributed by atoms with Crippen LogP contribution in [0.25, 0.3) is 0 Å². The van der Waals surface area contributed by atoms with E-state index in [1.165, 1.54) is 18.0 Å². The standard InChI is InChI=1S/C27H30N4O5S/c1-4-37(35,36)22-8-5-18(6-9-22)12-28-25(32)19-7-10-23-20(11-19)15-31(16-24(23)17(2)3)27-29-13-21(14-30-27)26(33)34/h5-11,13-14,17,24H,4,12,15-16H2,1-3H3,(H,28,32)(H,33,34). The van der Waals surface area contributed by atoms with Crippen molar-refractivity contribution in [2.75, 3.05) is 17.2 Å². The molecule has 194 valence electrons. The zero-order valence-electron chi connectivity index (χ0n) is 21.0. The van der Waals surface area contributed by atoms with Gasteiger partial charge in [-0.2, -0.15) is 0 Å². The van der Waals surface area contributed by atoms with Gasteiger partial charge in [0, 0.05) is 43.5 Å². The second kappa shape index (κ2) is 10.7. The van der Waals surface area contributed by atoms with E-state index in [0.29, 0.717) is 30.5 Å². The molecule has 4 rings (SSSR count). The number of carboxylic acids is 1. The average molecular weight is 523 g/mol. The van der Waals surface area contributed by atoms with E-state index in [1.54, 1.807) is 31.2 Å². The molecule has 0 aliphatic carbocycles. The Morgan fingerprint density at radius 3 is 2.35 bits per heavy atom. The van der Waals surface area contributed by atoms with Crippen LogP contribution in [0.2, 0.25) is 0 Å². The minimum absolute atomic E-state index is 0.0298. The van der Waals surface area contributed by atoms with Crippen LogP contribution in [-0.2, 0) is 22.9 Å². The summed E-state index contributed by atoms with van der Waals surface area (Å²) in [5, 5.41) is 12.0. The van der Waals surface area contributed by atoms with E-state index in [1.807, 2.05) is 23.1 Å². The lowest BCUT2D eigenvalue weighted by molar-refractivity contribution is 0.0695. The molecule has 1 atom stereocenters. The number of hydrogen-bond donors (Lipinski definition) is 2. The first kappa shape index (κ1) is 26.3. The Hall–Kier alpha value is -3.79. The van der Waals surface area contributed by atoms with Crippen molar-refractivity contribution in [2.45, 2.75) is 44.7 Å². The lowest BCUT2D eigenvalue weighted by Gasteiger charge is -2.37. The number of hydrogen-bond acceptors (Lipinski definition) is 7. The Morgan fingerprint density at radius 2 is 1.76 bits per heavy atom. The molecule has 0 bridgehead atoms. The van der Waals surface area contributed by atoms with Crippen LogP contribution in [0.1, 0.15) is 64.1 Å². The van der Waals surface area contributed by atoms with Crippen LogP contribution < -0.4 is 10.2 Å². The minimum Gasteiger partial charge on any atom is -0.478 e. The summed E-state index contributed by atoms with van der Waals surface area (Å²) in [6.07, 6.45) is 2.61. The molecule has 3 aromatic rings. The molecule has 1 aromatic heterocycles. The molecule has 0 radical (unpaired) electrons. The van der Waals surface area contributed by atoms with Crippen LogP contribution in [0.5, 0.6) is 0 Å². The number of carbonyl (C=O) groups excluding carboxylic acids is 1. The molecular formula is C27H30N4O5S. The lowest BCUT2D eigenvalue weighted by Crippen LogP contribution is -2.37. The van der Waals surface area contributed by atoms with Gasteiger partial charge in [0.05, 0.1) is 16.2 Å². The van der Waals surface area contributed by atoms with Gasteiger partial charge in [0.2, 0.25) is 5.95 Å². The number of rotatable bonds is 8. The maximum absolute atomic E-state index is 12.9. The van der Waals surface area contributed by atoms with Gasteiger partial charge in [-0.15, -0.1) is 0 Å². The molecule has 1 amide bonds.